The highest BCUT2D eigenvalue weighted by atomic mass is 19.4. The lowest BCUT2D eigenvalue weighted by molar-refractivity contribution is -0.136. The van der Waals surface area contributed by atoms with Crippen molar-refractivity contribution in [2.75, 3.05) is 6.61 Å². The van der Waals surface area contributed by atoms with Gasteiger partial charge in [0.2, 0.25) is 0 Å². The van der Waals surface area contributed by atoms with E-state index in [1.165, 1.54) is 24.4 Å². The Hall–Kier alpha value is -2.79. The summed E-state index contributed by atoms with van der Waals surface area (Å²) in [6.45, 7) is 7.10. The molecule has 36 heavy (non-hydrogen) atoms. The van der Waals surface area contributed by atoms with E-state index in [0.717, 1.165) is 6.07 Å². The molecule has 196 valence electrons. The Morgan fingerprint density at radius 3 is 2.53 bits per heavy atom. The highest BCUT2D eigenvalue weighted by Crippen LogP contribution is 2.40. The molecular weight excluding hydrogens is 483 g/mol. The molecule has 1 fully saturated rings. The third-order valence-corrected chi connectivity index (χ3v) is 6.50. The van der Waals surface area contributed by atoms with Gasteiger partial charge in [0.05, 0.1) is 22.2 Å². The first-order chi connectivity index (χ1) is 16.8. The van der Waals surface area contributed by atoms with Crippen LogP contribution in [0, 0.1) is 6.92 Å². The first-order valence-electron chi connectivity index (χ1n) is 11.7. The second kappa shape index (κ2) is 9.59. The van der Waals surface area contributed by atoms with Crippen LogP contribution in [0.15, 0.2) is 30.5 Å². The van der Waals surface area contributed by atoms with Crippen molar-refractivity contribution >= 4 is 11.0 Å². The number of fused-ring (bicyclic) bond motifs is 1. The van der Waals surface area contributed by atoms with Crippen LogP contribution in [0.1, 0.15) is 68.7 Å². The van der Waals surface area contributed by atoms with Gasteiger partial charge < -0.3 is 19.7 Å². The SMILES string of the molecule is Cc1nc2cc(OC[C@@H]3C[C@](O)(c4ccc(C(F)F)nc4)C[C@H](C)N3)cc(C(F)(F)F)c2n1C(C)C. The fourth-order valence-corrected chi connectivity index (χ4v) is 5.12. The summed E-state index contributed by atoms with van der Waals surface area (Å²) in [6, 6.07) is 4.30. The van der Waals surface area contributed by atoms with Crippen LogP contribution in [-0.4, -0.2) is 38.3 Å². The largest absolute Gasteiger partial charge is 0.492 e. The molecule has 1 aliphatic heterocycles. The van der Waals surface area contributed by atoms with Gasteiger partial charge in [0.15, 0.2) is 0 Å². The fourth-order valence-electron chi connectivity index (χ4n) is 5.12. The number of aryl methyl sites for hydroxylation is 1. The number of ether oxygens (including phenoxy) is 1. The fraction of sp³-hybridized carbons (Fsp3) is 0.520. The molecule has 0 saturated carbocycles. The highest BCUT2D eigenvalue weighted by Gasteiger charge is 2.40. The topological polar surface area (TPSA) is 72.2 Å². The lowest BCUT2D eigenvalue weighted by atomic mass is 9.79. The van der Waals surface area contributed by atoms with Gasteiger partial charge in [-0.25, -0.2) is 13.8 Å². The molecule has 0 unspecified atom stereocenters. The Labute approximate surface area is 205 Å². The summed E-state index contributed by atoms with van der Waals surface area (Å²) in [6.07, 6.45) is -5.59. The summed E-state index contributed by atoms with van der Waals surface area (Å²) in [7, 11) is 0. The number of rotatable bonds is 6. The average molecular weight is 513 g/mol. The van der Waals surface area contributed by atoms with Gasteiger partial charge in [0.25, 0.3) is 6.43 Å². The van der Waals surface area contributed by atoms with Crippen molar-refractivity contribution in [2.24, 2.45) is 0 Å². The van der Waals surface area contributed by atoms with Crippen molar-refractivity contribution in [3.05, 3.63) is 53.1 Å². The van der Waals surface area contributed by atoms with E-state index in [0.29, 0.717) is 17.8 Å². The normalized spacial score (nSPS) is 23.1. The third kappa shape index (κ3) is 5.17. The number of hydrogen-bond donors (Lipinski definition) is 2. The summed E-state index contributed by atoms with van der Waals surface area (Å²) >= 11 is 0. The van der Waals surface area contributed by atoms with Crippen LogP contribution in [0.5, 0.6) is 5.75 Å². The van der Waals surface area contributed by atoms with Gasteiger partial charge in [-0.05, 0) is 52.7 Å². The van der Waals surface area contributed by atoms with Crippen LogP contribution in [0.4, 0.5) is 22.0 Å². The number of alkyl halides is 5. The standard InChI is InChI=1S/C25H29F5N4O2/c1-13(2)34-15(4)33-21-8-18(7-19(22(21)34)25(28,29)30)36-12-17-10-24(35,9-14(3)32-17)16-5-6-20(23(26)27)31-11-16/h5-8,11,13-14,17,23,32,35H,9-10,12H2,1-4H3/t14-,17-,24-/m0/s1. The monoisotopic (exact) mass is 512 g/mol. The number of piperidine rings is 1. The van der Waals surface area contributed by atoms with Gasteiger partial charge in [-0.15, -0.1) is 0 Å². The van der Waals surface area contributed by atoms with Gasteiger partial charge in [-0.3, -0.25) is 4.98 Å². The highest BCUT2D eigenvalue weighted by molar-refractivity contribution is 5.82. The van der Waals surface area contributed by atoms with Gasteiger partial charge in [-0.1, -0.05) is 6.07 Å². The first-order valence-corrected chi connectivity index (χ1v) is 11.7. The van der Waals surface area contributed by atoms with Crippen molar-refractivity contribution in [1.82, 2.24) is 19.9 Å². The predicted octanol–water partition coefficient (Wildman–Crippen LogP) is 5.68. The average Bonchev–Trinajstić information content (AvgIpc) is 3.11. The van der Waals surface area contributed by atoms with Crippen molar-refractivity contribution < 1.29 is 31.8 Å². The number of nitrogens with one attached hydrogen (secondary N) is 1. The minimum absolute atomic E-state index is 0.0120. The minimum atomic E-state index is -4.61. The Balaban J connectivity index is 1.58. The van der Waals surface area contributed by atoms with Crippen LogP contribution in [0.25, 0.3) is 11.0 Å². The molecule has 0 radical (unpaired) electrons. The molecule has 4 rings (SSSR count). The number of halogens is 5. The molecular formula is C25H29F5N4O2. The molecule has 1 saturated heterocycles. The quantitative estimate of drug-likeness (QED) is 0.416. The lowest BCUT2D eigenvalue weighted by Gasteiger charge is -2.41. The van der Waals surface area contributed by atoms with Gasteiger partial charge in [-0.2, -0.15) is 13.2 Å². The zero-order valence-corrected chi connectivity index (χ0v) is 20.4. The van der Waals surface area contributed by atoms with Crippen LogP contribution >= 0.6 is 0 Å². The number of benzene rings is 1. The van der Waals surface area contributed by atoms with Crippen molar-refractivity contribution in [3.8, 4) is 5.75 Å². The van der Waals surface area contributed by atoms with E-state index in [9.17, 15) is 27.1 Å². The zero-order chi connectivity index (χ0) is 26.4. The maximum absolute atomic E-state index is 14.0. The summed E-state index contributed by atoms with van der Waals surface area (Å²) < 4.78 is 75.0. The number of nitrogens with zero attached hydrogens (tertiary/aromatic N) is 3. The third-order valence-electron chi connectivity index (χ3n) is 6.50. The summed E-state index contributed by atoms with van der Waals surface area (Å²) in [5.74, 6) is 0.497. The molecule has 1 aromatic carbocycles. The van der Waals surface area contributed by atoms with E-state index in [1.807, 2.05) is 6.92 Å². The molecule has 0 bridgehead atoms. The Morgan fingerprint density at radius 1 is 1.22 bits per heavy atom. The number of aromatic nitrogens is 3. The maximum atomic E-state index is 14.0. The van der Waals surface area contributed by atoms with E-state index in [1.54, 1.807) is 25.3 Å². The van der Waals surface area contributed by atoms with Crippen LogP contribution in [-0.2, 0) is 11.8 Å². The first kappa shape index (κ1) is 26.3. The molecule has 1 aliphatic rings. The lowest BCUT2D eigenvalue weighted by Crippen LogP contribution is -2.53. The molecule has 2 N–H and O–H groups in total. The maximum Gasteiger partial charge on any atom is 0.418 e. The molecule has 0 amide bonds. The second-order valence-corrected chi connectivity index (χ2v) is 9.75. The molecule has 3 heterocycles. The number of aliphatic hydroxyl groups is 1. The molecule has 0 spiro atoms. The molecule has 11 heteroatoms. The van der Waals surface area contributed by atoms with Crippen molar-refractivity contribution in [3.63, 3.8) is 0 Å². The Kier molecular flexibility index (Phi) is 7.00. The Morgan fingerprint density at radius 2 is 1.94 bits per heavy atom. The molecule has 3 atom stereocenters. The van der Waals surface area contributed by atoms with Crippen molar-refractivity contribution in [1.29, 1.82) is 0 Å². The number of pyridine rings is 1. The Bertz CT molecular complexity index is 1230. The minimum Gasteiger partial charge on any atom is -0.492 e. The van der Waals surface area contributed by atoms with Crippen LogP contribution in [0.3, 0.4) is 0 Å². The van der Waals surface area contributed by atoms with E-state index < -0.39 is 29.8 Å². The summed E-state index contributed by atoms with van der Waals surface area (Å²) in [5.41, 5.74) is -1.94. The predicted molar refractivity (Wildman–Crippen MR) is 124 cm³/mol. The van der Waals surface area contributed by atoms with Crippen molar-refractivity contribution in [2.45, 2.75) is 76.9 Å². The second-order valence-electron chi connectivity index (χ2n) is 9.75. The van der Waals surface area contributed by atoms with Gasteiger partial charge >= 0.3 is 6.18 Å². The van der Waals surface area contributed by atoms with E-state index in [2.05, 4.69) is 15.3 Å². The number of hydrogen-bond acceptors (Lipinski definition) is 5. The van der Waals surface area contributed by atoms with Gasteiger partial charge in [0, 0.05) is 36.0 Å². The molecule has 0 aliphatic carbocycles. The van der Waals surface area contributed by atoms with Crippen LogP contribution < -0.4 is 10.1 Å². The molecule has 2 aromatic heterocycles. The van der Waals surface area contributed by atoms with E-state index in [4.69, 9.17) is 4.74 Å². The number of imidazole rings is 1. The van der Waals surface area contributed by atoms with E-state index >= 15 is 0 Å². The van der Waals surface area contributed by atoms with Crippen LogP contribution in [0.2, 0.25) is 0 Å². The summed E-state index contributed by atoms with van der Waals surface area (Å²) in [4.78, 5) is 8.07. The smallest absolute Gasteiger partial charge is 0.418 e. The van der Waals surface area contributed by atoms with Gasteiger partial charge in [0.1, 0.15) is 23.9 Å². The van der Waals surface area contributed by atoms with E-state index in [-0.39, 0.29) is 47.6 Å². The molecule has 6 nitrogen and oxygen atoms in total. The zero-order valence-electron chi connectivity index (χ0n) is 20.4. The summed E-state index contributed by atoms with van der Waals surface area (Å²) in [5, 5.41) is 14.6. The molecule has 3 aromatic rings.